The zero-order chi connectivity index (χ0) is 14.0. The Morgan fingerprint density at radius 1 is 1.21 bits per heavy atom. The molecule has 0 heterocycles. The second-order valence-electron chi connectivity index (χ2n) is 4.09. The number of non-ortho nitro benzene ring substituents is 1. The standard InChI is InChI=1S/C14H11NO4/c1-9-12(6-3-7-13(9)14(16)17)10-4-2-5-11(8-10)15(18)19/h2-8H,1H3,(H,16,17). The molecular weight excluding hydrogens is 246 g/mol. The summed E-state index contributed by atoms with van der Waals surface area (Å²) >= 11 is 0. The van der Waals surface area contributed by atoms with Gasteiger partial charge in [0.05, 0.1) is 10.5 Å². The summed E-state index contributed by atoms with van der Waals surface area (Å²) in [4.78, 5) is 21.4. The average Bonchev–Trinajstić information content (AvgIpc) is 2.38. The van der Waals surface area contributed by atoms with Gasteiger partial charge in [-0.05, 0) is 29.7 Å². The molecule has 0 saturated heterocycles. The molecule has 0 aromatic heterocycles. The number of carbonyl (C=O) groups is 1. The maximum atomic E-state index is 11.1. The van der Waals surface area contributed by atoms with E-state index in [0.29, 0.717) is 16.7 Å². The number of hydrogen-bond acceptors (Lipinski definition) is 3. The highest BCUT2D eigenvalue weighted by Gasteiger charge is 2.13. The average molecular weight is 257 g/mol. The number of nitrogens with zero attached hydrogens (tertiary/aromatic N) is 1. The van der Waals surface area contributed by atoms with Crippen LogP contribution >= 0.6 is 0 Å². The first-order valence-corrected chi connectivity index (χ1v) is 5.58. The largest absolute Gasteiger partial charge is 0.478 e. The molecule has 0 bridgehead atoms. The Bertz CT molecular complexity index is 664. The van der Waals surface area contributed by atoms with Crippen molar-refractivity contribution < 1.29 is 14.8 Å². The van der Waals surface area contributed by atoms with Gasteiger partial charge < -0.3 is 5.11 Å². The van der Waals surface area contributed by atoms with Crippen LogP contribution in [0.4, 0.5) is 5.69 Å². The van der Waals surface area contributed by atoms with E-state index in [0.717, 1.165) is 0 Å². The molecule has 0 unspecified atom stereocenters. The molecule has 19 heavy (non-hydrogen) atoms. The lowest BCUT2D eigenvalue weighted by Crippen LogP contribution is -2.00. The quantitative estimate of drug-likeness (QED) is 0.675. The van der Waals surface area contributed by atoms with E-state index in [2.05, 4.69) is 0 Å². The van der Waals surface area contributed by atoms with Gasteiger partial charge >= 0.3 is 5.97 Å². The molecule has 2 aromatic carbocycles. The highest BCUT2D eigenvalue weighted by Crippen LogP contribution is 2.28. The van der Waals surface area contributed by atoms with Crippen molar-refractivity contribution in [1.29, 1.82) is 0 Å². The van der Waals surface area contributed by atoms with E-state index in [4.69, 9.17) is 5.11 Å². The third kappa shape index (κ3) is 2.44. The Morgan fingerprint density at radius 3 is 2.53 bits per heavy atom. The Labute approximate surface area is 109 Å². The molecule has 0 fully saturated rings. The first kappa shape index (κ1) is 12.8. The molecule has 0 atom stereocenters. The van der Waals surface area contributed by atoms with Crippen molar-refractivity contribution in [3.05, 3.63) is 63.7 Å². The fourth-order valence-electron chi connectivity index (χ4n) is 1.97. The predicted molar refractivity (Wildman–Crippen MR) is 70.2 cm³/mol. The fourth-order valence-corrected chi connectivity index (χ4v) is 1.97. The van der Waals surface area contributed by atoms with Crippen molar-refractivity contribution in [2.75, 3.05) is 0 Å². The third-order valence-electron chi connectivity index (χ3n) is 2.93. The molecule has 0 aliphatic rings. The first-order chi connectivity index (χ1) is 9.00. The molecular formula is C14H11NO4. The van der Waals surface area contributed by atoms with E-state index in [1.165, 1.54) is 18.2 Å². The maximum Gasteiger partial charge on any atom is 0.335 e. The Morgan fingerprint density at radius 2 is 1.89 bits per heavy atom. The smallest absolute Gasteiger partial charge is 0.335 e. The normalized spacial score (nSPS) is 10.2. The topological polar surface area (TPSA) is 80.4 Å². The number of rotatable bonds is 3. The van der Waals surface area contributed by atoms with Gasteiger partial charge in [0.15, 0.2) is 0 Å². The number of aromatic carboxylic acids is 1. The molecule has 0 amide bonds. The Hall–Kier alpha value is -2.69. The van der Waals surface area contributed by atoms with Crippen LogP contribution in [0, 0.1) is 17.0 Å². The van der Waals surface area contributed by atoms with Gasteiger partial charge in [0, 0.05) is 12.1 Å². The van der Waals surface area contributed by atoms with Crippen LogP contribution in [-0.4, -0.2) is 16.0 Å². The monoisotopic (exact) mass is 257 g/mol. The summed E-state index contributed by atoms with van der Waals surface area (Å²) in [5, 5.41) is 19.8. The van der Waals surface area contributed by atoms with Gasteiger partial charge in [-0.15, -0.1) is 0 Å². The van der Waals surface area contributed by atoms with Gasteiger partial charge in [0.2, 0.25) is 0 Å². The predicted octanol–water partition coefficient (Wildman–Crippen LogP) is 3.27. The number of benzene rings is 2. The van der Waals surface area contributed by atoms with Crippen LogP contribution in [0.5, 0.6) is 0 Å². The van der Waals surface area contributed by atoms with Gasteiger partial charge in [-0.1, -0.05) is 24.3 Å². The summed E-state index contributed by atoms with van der Waals surface area (Å²) < 4.78 is 0. The van der Waals surface area contributed by atoms with E-state index >= 15 is 0 Å². The molecule has 5 nitrogen and oxygen atoms in total. The van der Waals surface area contributed by atoms with E-state index in [9.17, 15) is 14.9 Å². The zero-order valence-electron chi connectivity index (χ0n) is 10.2. The molecule has 2 rings (SSSR count). The molecule has 5 heteroatoms. The van der Waals surface area contributed by atoms with Crippen molar-refractivity contribution in [2.45, 2.75) is 6.92 Å². The number of nitro groups is 1. The van der Waals surface area contributed by atoms with Gasteiger partial charge in [-0.3, -0.25) is 10.1 Å². The van der Waals surface area contributed by atoms with Crippen LogP contribution in [0.15, 0.2) is 42.5 Å². The molecule has 0 aliphatic carbocycles. The van der Waals surface area contributed by atoms with E-state index in [1.54, 1.807) is 31.2 Å². The van der Waals surface area contributed by atoms with Gasteiger partial charge in [0.25, 0.3) is 5.69 Å². The highest BCUT2D eigenvalue weighted by atomic mass is 16.6. The van der Waals surface area contributed by atoms with Crippen LogP contribution in [0.1, 0.15) is 15.9 Å². The number of hydrogen-bond donors (Lipinski definition) is 1. The summed E-state index contributed by atoms with van der Waals surface area (Å²) in [5.41, 5.74) is 2.09. The van der Waals surface area contributed by atoms with Crippen molar-refractivity contribution >= 4 is 11.7 Å². The molecule has 0 radical (unpaired) electrons. The molecule has 0 aliphatic heterocycles. The second kappa shape index (κ2) is 4.89. The first-order valence-electron chi connectivity index (χ1n) is 5.58. The SMILES string of the molecule is Cc1c(C(=O)O)cccc1-c1cccc([N+](=O)[O-])c1. The number of carboxylic acids is 1. The molecule has 0 spiro atoms. The second-order valence-corrected chi connectivity index (χ2v) is 4.09. The lowest BCUT2D eigenvalue weighted by atomic mass is 9.96. The summed E-state index contributed by atoms with van der Waals surface area (Å²) in [7, 11) is 0. The highest BCUT2D eigenvalue weighted by molar-refractivity contribution is 5.92. The lowest BCUT2D eigenvalue weighted by molar-refractivity contribution is -0.384. The maximum absolute atomic E-state index is 11.1. The summed E-state index contributed by atoms with van der Waals surface area (Å²) in [6.07, 6.45) is 0. The van der Waals surface area contributed by atoms with Crippen LogP contribution in [0.3, 0.4) is 0 Å². The minimum Gasteiger partial charge on any atom is -0.478 e. The van der Waals surface area contributed by atoms with Crippen molar-refractivity contribution in [3.63, 3.8) is 0 Å². The molecule has 1 N–H and O–H groups in total. The van der Waals surface area contributed by atoms with Gasteiger partial charge in [-0.2, -0.15) is 0 Å². The van der Waals surface area contributed by atoms with Gasteiger partial charge in [-0.25, -0.2) is 4.79 Å². The third-order valence-corrected chi connectivity index (χ3v) is 2.93. The summed E-state index contributed by atoms with van der Waals surface area (Å²) in [5.74, 6) is -1.01. The van der Waals surface area contributed by atoms with E-state index < -0.39 is 10.9 Å². The minimum absolute atomic E-state index is 0.0161. The Kier molecular flexibility index (Phi) is 3.29. The Balaban J connectivity index is 2.59. The zero-order valence-corrected chi connectivity index (χ0v) is 10.2. The van der Waals surface area contributed by atoms with Crippen LogP contribution in [0.25, 0.3) is 11.1 Å². The molecule has 0 saturated carbocycles. The van der Waals surface area contributed by atoms with Gasteiger partial charge in [0.1, 0.15) is 0 Å². The van der Waals surface area contributed by atoms with Crippen LogP contribution < -0.4 is 0 Å². The lowest BCUT2D eigenvalue weighted by Gasteiger charge is -2.08. The van der Waals surface area contributed by atoms with E-state index in [-0.39, 0.29) is 11.3 Å². The number of carboxylic acid groups (broad SMARTS) is 1. The fraction of sp³-hybridized carbons (Fsp3) is 0.0714. The number of nitro benzene ring substituents is 1. The van der Waals surface area contributed by atoms with E-state index in [1.807, 2.05) is 0 Å². The van der Waals surface area contributed by atoms with Crippen molar-refractivity contribution in [3.8, 4) is 11.1 Å². The molecule has 2 aromatic rings. The van der Waals surface area contributed by atoms with Crippen molar-refractivity contribution in [1.82, 2.24) is 0 Å². The van der Waals surface area contributed by atoms with Crippen LogP contribution in [-0.2, 0) is 0 Å². The summed E-state index contributed by atoms with van der Waals surface area (Å²) in [6, 6.07) is 11.0. The summed E-state index contributed by atoms with van der Waals surface area (Å²) in [6.45, 7) is 1.69. The van der Waals surface area contributed by atoms with Crippen LogP contribution in [0.2, 0.25) is 0 Å². The minimum atomic E-state index is -1.01. The van der Waals surface area contributed by atoms with Crippen molar-refractivity contribution in [2.24, 2.45) is 0 Å². The molecule has 96 valence electrons.